The van der Waals surface area contributed by atoms with Gasteiger partial charge in [-0.1, -0.05) is 54.6 Å². The first-order valence-electron chi connectivity index (χ1n) is 11.9. The van der Waals surface area contributed by atoms with Gasteiger partial charge in [0.2, 0.25) is 6.10 Å². The highest BCUT2D eigenvalue weighted by Crippen LogP contribution is 2.28. The number of methoxy groups -OCH3 is 1. The van der Waals surface area contributed by atoms with Crippen molar-refractivity contribution in [2.75, 3.05) is 12.4 Å². The van der Waals surface area contributed by atoms with Gasteiger partial charge in [-0.3, -0.25) is 9.78 Å². The zero-order valence-corrected chi connectivity index (χ0v) is 20.5. The fourth-order valence-electron chi connectivity index (χ4n) is 3.93. The van der Waals surface area contributed by atoms with Crippen LogP contribution < -0.4 is 10.1 Å². The number of anilines is 1. The van der Waals surface area contributed by atoms with E-state index in [4.69, 9.17) is 9.47 Å². The van der Waals surface area contributed by atoms with E-state index in [1.807, 2.05) is 42.5 Å². The summed E-state index contributed by atoms with van der Waals surface area (Å²) in [4.78, 5) is 31.2. The molecular weight excluding hydrogens is 480 g/mol. The quantitative estimate of drug-likeness (QED) is 0.281. The number of nitrogens with one attached hydrogen (secondary N) is 1. The van der Waals surface area contributed by atoms with Crippen molar-refractivity contribution in [1.82, 2.24) is 14.8 Å². The largest absolute Gasteiger partial charge is 0.497 e. The minimum absolute atomic E-state index is 0.206. The standard InChI is InChI=1S/C30H24N4O4/c1-37-25-16-8-13-23(18-25)32-29(35)28(21-10-4-2-5-11-21)38-30(36)26-20-34(24-14-6-3-7-15-24)33-27(26)22-12-9-17-31-19-22/h2-20,28H,1H3,(H,32,35). The topological polar surface area (TPSA) is 95.3 Å². The third-order valence-electron chi connectivity index (χ3n) is 5.79. The van der Waals surface area contributed by atoms with Crippen molar-refractivity contribution >= 4 is 17.6 Å². The van der Waals surface area contributed by atoms with Gasteiger partial charge in [0.05, 0.1) is 12.8 Å². The van der Waals surface area contributed by atoms with Crippen LogP contribution in [0.25, 0.3) is 16.9 Å². The number of hydrogen-bond acceptors (Lipinski definition) is 6. The van der Waals surface area contributed by atoms with Crippen LogP contribution in [-0.4, -0.2) is 33.8 Å². The lowest BCUT2D eigenvalue weighted by Crippen LogP contribution is -2.26. The lowest BCUT2D eigenvalue weighted by molar-refractivity contribution is -0.125. The number of amides is 1. The summed E-state index contributed by atoms with van der Waals surface area (Å²) in [6.45, 7) is 0. The normalized spacial score (nSPS) is 11.4. The van der Waals surface area contributed by atoms with Crippen LogP contribution in [0.2, 0.25) is 0 Å². The van der Waals surface area contributed by atoms with Crippen molar-refractivity contribution in [2.24, 2.45) is 0 Å². The third kappa shape index (κ3) is 5.44. The van der Waals surface area contributed by atoms with Crippen LogP contribution in [0.1, 0.15) is 22.0 Å². The van der Waals surface area contributed by atoms with Crippen molar-refractivity contribution in [3.63, 3.8) is 0 Å². The molecule has 0 fully saturated rings. The Hall–Kier alpha value is -5.24. The maximum Gasteiger partial charge on any atom is 0.343 e. The molecule has 0 bridgehead atoms. The summed E-state index contributed by atoms with van der Waals surface area (Å²) in [5.41, 5.74) is 3.06. The zero-order chi connectivity index (χ0) is 26.3. The van der Waals surface area contributed by atoms with Crippen molar-refractivity contribution < 1.29 is 19.1 Å². The number of para-hydroxylation sites is 1. The average molecular weight is 505 g/mol. The minimum Gasteiger partial charge on any atom is -0.497 e. The molecule has 0 spiro atoms. The molecule has 5 aromatic rings. The molecule has 1 atom stereocenters. The third-order valence-corrected chi connectivity index (χ3v) is 5.79. The Kier molecular flexibility index (Phi) is 7.22. The van der Waals surface area contributed by atoms with Gasteiger partial charge in [0, 0.05) is 41.5 Å². The van der Waals surface area contributed by atoms with Gasteiger partial charge in [-0.25, -0.2) is 9.48 Å². The van der Waals surface area contributed by atoms with Gasteiger partial charge in [-0.15, -0.1) is 0 Å². The summed E-state index contributed by atoms with van der Waals surface area (Å²) in [7, 11) is 1.55. The number of ether oxygens (including phenoxy) is 2. The molecule has 8 heteroatoms. The highest BCUT2D eigenvalue weighted by Gasteiger charge is 2.29. The van der Waals surface area contributed by atoms with Crippen LogP contribution in [0, 0.1) is 0 Å². The smallest absolute Gasteiger partial charge is 0.343 e. The Bertz CT molecular complexity index is 1540. The molecule has 188 valence electrons. The van der Waals surface area contributed by atoms with Crippen LogP contribution in [0.3, 0.4) is 0 Å². The summed E-state index contributed by atoms with van der Waals surface area (Å²) in [6.07, 6.45) is 3.65. The Morgan fingerprint density at radius 3 is 2.37 bits per heavy atom. The average Bonchev–Trinajstić information content (AvgIpc) is 3.43. The molecule has 0 radical (unpaired) electrons. The van der Waals surface area contributed by atoms with Crippen LogP contribution in [0.5, 0.6) is 5.75 Å². The number of pyridine rings is 1. The first-order valence-corrected chi connectivity index (χ1v) is 11.9. The van der Waals surface area contributed by atoms with Crippen molar-refractivity contribution in [3.05, 3.63) is 127 Å². The highest BCUT2D eigenvalue weighted by atomic mass is 16.5. The van der Waals surface area contributed by atoms with Gasteiger partial charge in [-0.05, 0) is 36.4 Å². The Balaban J connectivity index is 1.49. The van der Waals surface area contributed by atoms with Crippen LogP contribution >= 0.6 is 0 Å². The fraction of sp³-hybridized carbons (Fsp3) is 0.0667. The Morgan fingerprint density at radius 2 is 1.66 bits per heavy atom. The molecule has 1 unspecified atom stereocenters. The lowest BCUT2D eigenvalue weighted by atomic mass is 10.1. The monoisotopic (exact) mass is 504 g/mol. The maximum atomic E-state index is 13.6. The van der Waals surface area contributed by atoms with E-state index in [-0.39, 0.29) is 5.56 Å². The summed E-state index contributed by atoms with van der Waals surface area (Å²) >= 11 is 0. The summed E-state index contributed by atoms with van der Waals surface area (Å²) in [5, 5.41) is 7.47. The number of aromatic nitrogens is 3. The molecule has 38 heavy (non-hydrogen) atoms. The molecule has 5 rings (SSSR count). The summed E-state index contributed by atoms with van der Waals surface area (Å²) < 4.78 is 12.7. The molecule has 1 N–H and O–H groups in total. The van der Waals surface area contributed by atoms with Gasteiger partial charge >= 0.3 is 5.97 Å². The molecule has 2 heterocycles. The molecule has 1 amide bonds. The molecule has 0 aliphatic carbocycles. The predicted octanol–water partition coefficient (Wildman–Crippen LogP) is 5.48. The number of carbonyl (C=O) groups is 2. The first-order chi connectivity index (χ1) is 18.6. The van der Waals surface area contributed by atoms with E-state index in [9.17, 15) is 9.59 Å². The maximum absolute atomic E-state index is 13.6. The van der Waals surface area contributed by atoms with Crippen LogP contribution in [0.15, 0.2) is 116 Å². The molecule has 8 nitrogen and oxygen atoms in total. The second-order valence-corrected chi connectivity index (χ2v) is 8.33. The number of carbonyl (C=O) groups excluding carboxylic acids is 2. The van der Waals surface area contributed by atoms with E-state index in [0.29, 0.717) is 28.3 Å². The number of esters is 1. The predicted molar refractivity (Wildman–Crippen MR) is 143 cm³/mol. The number of hydrogen-bond donors (Lipinski definition) is 1. The second-order valence-electron chi connectivity index (χ2n) is 8.33. The van der Waals surface area contributed by atoms with Gasteiger partial charge in [-0.2, -0.15) is 5.10 Å². The number of benzene rings is 3. The van der Waals surface area contributed by atoms with E-state index in [1.165, 1.54) is 0 Å². The summed E-state index contributed by atoms with van der Waals surface area (Å²) in [5.74, 6) is -0.609. The molecule has 3 aromatic carbocycles. The van der Waals surface area contributed by atoms with Gasteiger partial charge in [0.25, 0.3) is 5.91 Å². The SMILES string of the molecule is COc1cccc(NC(=O)C(OC(=O)c2cn(-c3ccccc3)nc2-c2cccnc2)c2ccccc2)c1. The number of rotatable bonds is 8. The number of nitrogens with zero attached hydrogens (tertiary/aromatic N) is 3. The van der Waals surface area contributed by atoms with Crippen LogP contribution in [-0.2, 0) is 9.53 Å². The van der Waals surface area contributed by atoms with Crippen LogP contribution in [0.4, 0.5) is 5.69 Å². The Labute approximate surface area is 219 Å². The van der Waals surface area contributed by atoms with E-state index >= 15 is 0 Å². The molecule has 0 saturated carbocycles. The highest BCUT2D eigenvalue weighted by molar-refractivity contribution is 6.00. The molecule has 0 aliphatic rings. The molecule has 2 aromatic heterocycles. The van der Waals surface area contributed by atoms with Gasteiger partial charge < -0.3 is 14.8 Å². The summed E-state index contributed by atoms with van der Waals surface area (Å²) in [6, 6.07) is 28.8. The van der Waals surface area contributed by atoms with E-state index in [0.717, 1.165) is 5.69 Å². The van der Waals surface area contributed by atoms with E-state index in [2.05, 4.69) is 15.4 Å². The fourth-order valence-corrected chi connectivity index (χ4v) is 3.93. The van der Waals surface area contributed by atoms with Gasteiger partial charge in [0.1, 0.15) is 17.0 Å². The van der Waals surface area contributed by atoms with Gasteiger partial charge in [0.15, 0.2) is 0 Å². The lowest BCUT2D eigenvalue weighted by Gasteiger charge is -2.18. The minimum atomic E-state index is -1.21. The molecular formula is C30H24N4O4. The van der Waals surface area contributed by atoms with E-state index < -0.39 is 18.0 Å². The second kappa shape index (κ2) is 11.2. The van der Waals surface area contributed by atoms with E-state index in [1.54, 1.807) is 85.0 Å². The molecule has 0 aliphatic heterocycles. The first kappa shape index (κ1) is 24.5. The molecule has 0 saturated heterocycles. The van der Waals surface area contributed by atoms with Crippen molar-refractivity contribution in [1.29, 1.82) is 0 Å². The van der Waals surface area contributed by atoms with Crippen molar-refractivity contribution in [3.8, 4) is 22.7 Å². The zero-order valence-electron chi connectivity index (χ0n) is 20.5. The van der Waals surface area contributed by atoms with Crippen molar-refractivity contribution in [2.45, 2.75) is 6.10 Å². The Morgan fingerprint density at radius 1 is 0.895 bits per heavy atom.